The van der Waals surface area contributed by atoms with E-state index in [2.05, 4.69) is 12.2 Å². The molecule has 0 aromatic carbocycles. The second-order valence-corrected chi connectivity index (χ2v) is 7.58. The monoisotopic (exact) mass is 261 g/mol. The van der Waals surface area contributed by atoms with Crippen molar-refractivity contribution in [3.8, 4) is 0 Å². The second-order valence-electron chi connectivity index (χ2n) is 5.36. The maximum absolute atomic E-state index is 11.6. The van der Waals surface area contributed by atoms with Gasteiger partial charge in [0, 0.05) is 19.8 Å². The van der Waals surface area contributed by atoms with Crippen LogP contribution in [0.15, 0.2) is 0 Å². The molecule has 0 aromatic rings. The maximum atomic E-state index is 11.6. The predicted molar refractivity (Wildman–Crippen MR) is 67.8 cm³/mol. The SMILES string of the molecule is CCNCC1(C2CCS(=O)(=O)C2)CCOCC1. The van der Waals surface area contributed by atoms with Gasteiger partial charge in [0.15, 0.2) is 9.84 Å². The molecule has 2 aliphatic heterocycles. The van der Waals surface area contributed by atoms with E-state index in [0.717, 1.165) is 45.6 Å². The molecule has 2 saturated heterocycles. The number of ether oxygens (including phenoxy) is 1. The molecule has 5 heteroatoms. The molecule has 0 radical (unpaired) electrons. The fraction of sp³-hybridized carbons (Fsp3) is 1.00. The van der Waals surface area contributed by atoms with E-state index in [9.17, 15) is 8.42 Å². The van der Waals surface area contributed by atoms with Crippen LogP contribution in [0.25, 0.3) is 0 Å². The van der Waals surface area contributed by atoms with Crippen LogP contribution in [-0.2, 0) is 14.6 Å². The van der Waals surface area contributed by atoms with Gasteiger partial charge in [-0.05, 0) is 37.1 Å². The van der Waals surface area contributed by atoms with Crippen LogP contribution in [-0.4, -0.2) is 46.2 Å². The zero-order chi connectivity index (χ0) is 12.4. The molecule has 0 aromatic heterocycles. The first-order valence-corrected chi connectivity index (χ1v) is 8.39. The Hall–Kier alpha value is -0.130. The lowest BCUT2D eigenvalue weighted by Gasteiger charge is -2.42. The number of sulfone groups is 1. The third-order valence-corrected chi connectivity index (χ3v) is 6.08. The molecule has 1 atom stereocenters. The standard InChI is InChI=1S/C12H23NO3S/c1-2-13-10-12(4-6-16-7-5-12)11-3-8-17(14,15)9-11/h11,13H,2-10H2,1H3. The largest absolute Gasteiger partial charge is 0.381 e. The van der Waals surface area contributed by atoms with Crippen molar-refractivity contribution in [3.63, 3.8) is 0 Å². The zero-order valence-electron chi connectivity index (χ0n) is 10.6. The van der Waals surface area contributed by atoms with E-state index in [4.69, 9.17) is 4.74 Å². The molecule has 2 heterocycles. The molecule has 1 N–H and O–H groups in total. The third kappa shape index (κ3) is 3.01. The summed E-state index contributed by atoms with van der Waals surface area (Å²) in [7, 11) is -2.78. The highest BCUT2D eigenvalue weighted by Gasteiger charge is 2.44. The molecule has 100 valence electrons. The fourth-order valence-electron chi connectivity index (χ4n) is 3.16. The van der Waals surface area contributed by atoms with Crippen molar-refractivity contribution in [2.24, 2.45) is 11.3 Å². The zero-order valence-corrected chi connectivity index (χ0v) is 11.4. The summed E-state index contributed by atoms with van der Waals surface area (Å²) >= 11 is 0. The van der Waals surface area contributed by atoms with E-state index >= 15 is 0 Å². The smallest absolute Gasteiger partial charge is 0.150 e. The highest BCUT2D eigenvalue weighted by atomic mass is 32.2. The number of hydrogen-bond acceptors (Lipinski definition) is 4. The van der Waals surface area contributed by atoms with Crippen LogP contribution >= 0.6 is 0 Å². The molecule has 0 amide bonds. The van der Waals surface area contributed by atoms with E-state index in [0.29, 0.717) is 17.4 Å². The van der Waals surface area contributed by atoms with Gasteiger partial charge in [-0.15, -0.1) is 0 Å². The number of nitrogens with one attached hydrogen (secondary N) is 1. The van der Waals surface area contributed by atoms with Crippen molar-refractivity contribution in [3.05, 3.63) is 0 Å². The van der Waals surface area contributed by atoms with Crippen LogP contribution < -0.4 is 5.32 Å². The average Bonchev–Trinajstić information content (AvgIpc) is 2.69. The fourth-order valence-corrected chi connectivity index (χ4v) is 5.10. The Balaban J connectivity index is 2.09. The normalized spacial score (nSPS) is 31.5. The minimum absolute atomic E-state index is 0.151. The van der Waals surface area contributed by atoms with E-state index in [1.807, 2.05) is 0 Å². The molecule has 0 saturated carbocycles. The van der Waals surface area contributed by atoms with Gasteiger partial charge in [-0.25, -0.2) is 8.42 Å². The summed E-state index contributed by atoms with van der Waals surface area (Å²) < 4.78 is 28.7. The van der Waals surface area contributed by atoms with Crippen LogP contribution in [0.2, 0.25) is 0 Å². The van der Waals surface area contributed by atoms with Crippen molar-refractivity contribution in [1.82, 2.24) is 5.32 Å². The quantitative estimate of drug-likeness (QED) is 0.814. The van der Waals surface area contributed by atoms with E-state index < -0.39 is 9.84 Å². The predicted octanol–water partition coefficient (Wildman–Crippen LogP) is 0.827. The van der Waals surface area contributed by atoms with Gasteiger partial charge in [0.05, 0.1) is 11.5 Å². The molecule has 2 fully saturated rings. The first-order chi connectivity index (χ1) is 8.08. The minimum atomic E-state index is -2.78. The third-order valence-electron chi connectivity index (χ3n) is 4.31. The van der Waals surface area contributed by atoms with Gasteiger partial charge >= 0.3 is 0 Å². The van der Waals surface area contributed by atoms with Crippen LogP contribution in [0, 0.1) is 11.3 Å². The Kier molecular flexibility index (Phi) is 4.10. The van der Waals surface area contributed by atoms with Crippen molar-refractivity contribution < 1.29 is 13.2 Å². The van der Waals surface area contributed by atoms with Gasteiger partial charge in [-0.3, -0.25) is 0 Å². The summed E-state index contributed by atoms with van der Waals surface area (Å²) in [6, 6.07) is 0. The van der Waals surface area contributed by atoms with Gasteiger partial charge in [-0.2, -0.15) is 0 Å². The first-order valence-electron chi connectivity index (χ1n) is 6.57. The lowest BCUT2D eigenvalue weighted by atomic mass is 9.69. The van der Waals surface area contributed by atoms with Gasteiger partial charge in [0.25, 0.3) is 0 Å². The van der Waals surface area contributed by atoms with Crippen LogP contribution in [0.1, 0.15) is 26.2 Å². The molecule has 0 bridgehead atoms. The summed E-state index contributed by atoms with van der Waals surface area (Å²) in [6.45, 7) is 5.54. The second kappa shape index (κ2) is 5.24. The van der Waals surface area contributed by atoms with Crippen LogP contribution in [0.4, 0.5) is 0 Å². The molecule has 0 aliphatic carbocycles. The molecule has 2 rings (SSSR count). The summed E-state index contributed by atoms with van der Waals surface area (Å²) in [5, 5.41) is 3.41. The highest BCUT2D eigenvalue weighted by molar-refractivity contribution is 7.91. The maximum Gasteiger partial charge on any atom is 0.150 e. The Morgan fingerprint density at radius 1 is 1.35 bits per heavy atom. The molecule has 17 heavy (non-hydrogen) atoms. The lowest BCUT2D eigenvalue weighted by Crippen LogP contribution is -2.45. The van der Waals surface area contributed by atoms with E-state index in [1.165, 1.54) is 0 Å². The van der Waals surface area contributed by atoms with Crippen molar-refractivity contribution >= 4 is 9.84 Å². The Bertz CT molecular complexity index is 347. The van der Waals surface area contributed by atoms with Gasteiger partial charge in [0.2, 0.25) is 0 Å². The van der Waals surface area contributed by atoms with Crippen molar-refractivity contribution in [1.29, 1.82) is 0 Å². The summed E-state index contributed by atoms with van der Waals surface area (Å²) in [5.41, 5.74) is 0.151. The highest BCUT2D eigenvalue weighted by Crippen LogP contribution is 2.43. The lowest BCUT2D eigenvalue weighted by molar-refractivity contribution is -0.0120. The minimum Gasteiger partial charge on any atom is -0.381 e. The number of hydrogen-bond donors (Lipinski definition) is 1. The molecular weight excluding hydrogens is 238 g/mol. The van der Waals surface area contributed by atoms with Gasteiger partial charge < -0.3 is 10.1 Å². The van der Waals surface area contributed by atoms with Crippen molar-refractivity contribution in [2.75, 3.05) is 37.8 Å². The topological polar surface area (TPSA) is 55.4 Å². The Morgan fingerprint density at radius 3 is 2.59 bits per heavy atom. The van der Waals surface area contributed by atoms with Crippen LogP contribution in [0.5, 0.6) is 0 Å². The Morgan fingerprint density at radius 2 is 2.06 bits per heavy atom. The average molecular weight is 261 g/mol. The molecule has 0 spiro atoms. The van der Waals surface area contributed by atoms with Crippen molar-refractivity contribution in [2.45, 2.75) is 26.2 Å². The van der Waals surface area contributed by atoms with E-state index in [-0.39, 0.29) is 5.41 Å². The van der Waals surface area contributed by atoms with E-state index in [1.54, 1.807) is 0 Å². The molecule has 1 unspecified atom stereocenters. The molecule has 4 nitrogen and oxygen atoms in total. The first kappa shape index (κ1) is 13.3. The van der Waals surface area contributed by atoms with Gasteiger partial charge in [-0.1, -0.05) is 6.92 Å². The summed E-state index contributed by atoms with van der Waals surface area (Å²) in [4.78, 5) is 0. The summed E-state index contributed by atoms with van der Waals surface area (Å²) in [6.07, 6.45) is 2.84. The summed E-state index contributed by atoms with van der Waals surface area (Å²) in [5.74, 6) is 1.10. The number of rotatable bonds is 4. The Labute approximate surface area is 104 Å². The molecule has 2 aliphatic rings. The van der Waals surface area contributed by atoms with Gasteiger partial charge in [0.1, 0.15) is 0 Å². The van der Waals surface area contributed by atoms with Crippen LogP contribution in [0.3, 0.4) is 0 Å². The molecular formula is C12H23NO3S.